The average molecular weight is 324 g/mol. The van der Waals surface area contributed by atoms with Gasteiger partial charge in [-0.3, -0.25) is 14.5 Å². The third-order valence-electron chi connectivity index (χ3n) is 3.93. The van der Waals surface area contributed by atoms with Gasteiger partial charge in [0.15, 0.2) is 0 Å². The molecule has 3 rings (SSSR count). The molecule has 0 radical (unpaired) electrons. The van der Waals surface area contributed by atoms with Gasteiger partial charge in [0, 0.05) is 18.4 Å². The van der Waals surface area contributed by atoms with Crippen LogP contribution in [0.1, 0.15) is 34.4 Å². The SMILES string of the molecule is CCn1ncc(C(=O)N(Cc2ccccn2)Cc2ccco2)c1C. The van der Waals surface area contributed by atoms with Gasteiger partial charge in [0.05, 0.1) is 36.8 Å². The Bertz CT molecular complexity index is 794. The summed E-state index contributed by atoms with van der Waals surface area (Å²) in [5, 5.41) is 4.27. The van der Waals surface area contributed by atoms with Crippen LogP contribution < -0.4 is 0 Å². The molecule has 0 atom stereocenters. The zero-order valence-electron chi connectivity index (χ0n) is 13.8. The van der Waals surface area contributed by atoms with Gasteiger partial charge in [0.25, 0.3) is 5.91 Å². The maximum atomic E-state index is 13.0. The summed E-state index contributed by atoms with van der Waals surface area (Å²) >= 11 is 0. The summed E-state index contributed by atoms with van der Waals surface area (Å²) in [7, 11) is 0. The fourth-order valence-electron chi connectivity index (χ4n) is 2.62. The highest BCUT2D eigenvalue weighted by molar-refractivity contribution is 5.95. The second kappa shape index (κ2) is 7.12. The van der Waals surface area contributed by atoms with E-state index in [1.807, 2.05) is 48.9 Å². The van der Waals surface area contributed by atoms with Crippen molar-refractivity contribution < 1.29 is 9.21 Å². The Kier molecular flexibility index (Phi) is 4.74. The van der Waals surface area contributed by atoms with Gasteiger partial charge in [0.1, 0.15) is 5.76 Å². The highest BCUT2D eigenvalue weighted by atomic mass is 16.3. The van der Waals surface area contributed by atoms with Crippen molar-refractivity contribution >= 4 is 5.91 Å². The molecule has 3 aromatic rings. The summed E-state index contributed by atoms with van der Waals surface area (Å²) in [4.78, 5) is 19.1. The van der Waals surface area contributed by atoms with E-state index in [2.05, 4.69) is 10.1 Å². The number of carbonyl (C=O) groups is 1. The molecule has 0 saturated carbocycles. The van der Waals surface area contributed by atoms with Crippen molar-refractivity contribution in [1.82, 2.24) is 19.7 Å². The van der Waals surface area contributed by atoms with Crippen LogP contribution in [-0.2, 0) is 19.6 Å². The smallest absolute Gasteiger partial charge is 0.258 e. The Morgan fingerprint density at radius 1 is 1.25 bits per heavy atom. The van der Waals surface area contributed by atoms with Gasteiger partial charge in [-0.15, -0.1) is 0 Å². The number of rotatable bonds is 6. The molecule has 0 aliphatic rings. The number of carbonyl (C=O) groups excluding carboxylic acids is 1. The van der Waals surface area contributed by atoms with Gasteiger partial charge in [0.2, 0.25) is 0 Å². The van der Waals surface area contributed by atoms with Crippen LogP contribution in [0.4, 0.5) is 0 Å². The minimum Gasteiger partial charge on any atom is -0.467 e. The number of amides is 1. The maximum absolute atomic E-state index is 13.0. The molecule has 6 heteroatoms. The third-order valence-corrected chi connectivity index (χ3v) is 3.93. The lowest BCUT2D eigenvalue weighted by atomic mass is 10.2. The molecule has 0 aliphatic carbocycles. The predicted molar refractivity (Wildman–Crippen MR) is 89.2 cm³/mol. The second-order valence-electron chi connectivity index (χ2n) is 5.52. The minimum absolute atomic E-state index is 0.0748. The number of aryl methyl sites for hydroxylation is 1. The molecule has 0 spiro atoms. The molecule has 0 aliphatic heterocycles. The van der Waals surface area contributed by atoms with Crippen molar-refractivity contribution in [3.63, 3.8) is 0 Å². The quantitative estimate of drug-likeness (QED) is 0.699. The molecule has 0 unspecified atom stereocenters. The molecule has 0 fully saturated rings. The summed E-state index contributed by atoms with van der Waals surface area (Å²) in [5.74, 6) is 0.661. The fourth-order valence-corrected chi connectivity index (χ4v) is 2.62. The number of nitrogens with zero attached hydrogens (tertiary/aromatic N) is 4. The van der Waals surface area contributed by atoms with E-state index >= 15 is 0 Å². The van der Waals surface area contributed by atoms with Crippen molar-refractivity contribution in [3.05, 3.63) is 71.7 Å². The number of pyridine rings is 1. The van der Waals surface area contributed by atoms with Crippen molar-refractivity contribution in [3.8, 4) is 0 Å². The molecular weight excluding hydrogens is 304 g/mol. The Morgan fingerprint density at radius 3 is 2.75 bits per heavy atom. The minimum atomic E-state index is -0.0748. The molecule has 6 nitrogen and oxygen atoms in total. The van der Waals surface area contributed by atoms with Gasteiger partial charge in [-0.1, -0.05) is 6.07 Å². The van der Waals surface area contributed by atoms with Crippen LogP contribution in [0.2, 0.25) is 0 Å². The maximum Gasteiger partial charge on any atom is 0.258 e. The van der Waals surface area contributed by atoms with Crippen molar-refractivity contribution in [2.75, 3.05) is 0 Å². The monoisotopic (exact) mass is 324 g/mol. The summed E-state index contributed by atoms with van der Waals surface area (Å²) in [6.45, 7) is 5.45. The Hall–Kier alpha value is -2.89. The van der Waals surface area contributed by atoms with Crippen molar-refractivity contribution in [2.45, 2.75) is 33.5 Å². The lowest BCUT2D eigenvalue weighted by Crippen LogP contribution is -2.30. The Labute approximate surface area is 140 Å². The third kappa shape index (κ3) is 3.37. The number of hydrogen-bond donors (Lipinski definition) is 0. The summed E-state index contributed by atoms with van der Waals surface area (Å²) in [5.41, 5.74) is 2.31. The first-order chi connectivity index (χ1) is 11.7. The zero-order valence-corrected chi connectivity index (χ0v) is 13.8. The van der Waals surface area contributed by atoms with E-state index in [4.69, 9.17) is 4.42 Å². The van der Waals surface area contributed by atoms with E-state index in [0.29, 0.717) is 18.7 Å². The van der Waals surface area contributed by atoms with Crippen LogP contribution in [-0.4, -0.2) is 25.6 Å². The molecule has 0 aromatic carbocycles. The largest absolute Gasteiger partial charge is 0.467 e. The summed E-state index contributed by atoms with van der Waals surface area (Å²) in [6, 6.07) is 9.36. The summed E-state index contributed by atoms with van der Waals surface area (Å²) < 4.78 is 7.23. The predicted octanol–water partition coefficient (Wildman–Crippen LogP) is 3.04. The van der Waals surface area contributed by atoms with Crippen molar-refractivity contribution in [1.29, 1.82) is 0 Å². The van der Waals surface area contributed by atoms with Crippen LogP contribution in [0.3, 0.4) is 0 Å². The van der Waals surface area contributed by atoms with E-state index in [-0.39, 0.29) is 5.91 Å². The molecule has 0 bridgehead atoms. The topological polar surface area (TPSA) is 64.2 Å². The second-order valence-corrected chi connectivity index (χ2v) is 5.52. The zero-order chi connectivity index (χ0) is 16.9. The molecule has 24 heavy (non-hydrogen) atoms. The molecule has 1 amide bonds. The normalized spacial score (nSPS) is 10.8. The lowest BCUT2D eigenvalue weighted by Gasteiger charge is -2.21. The first-order valence-corrected chi connectivity index (χ1v) is 7.93. The van der Waals surface area contributed by atoms with E-state index in [0.717, 1.165) is 23.7 Å². The number of aromatic nitrogens is 3. The number of hydrogen-bond acceptors (Lipinski definition) is 4. The molecule has 0 N–H and O–H groups in total. The van der Waals surface area contributed by atoms with Crippen molar-refractivity contribution in [2.24, 2.45) is 0 Å². The van der Waals surface area contributed by atoms with Gasteiger partial charge in [-0.2, -0.15) is 5.10 Å². The molecule has 0 saturated heterocycles. The van der Waals surface area contributed by atoms with E-state index in [9.17, 15) is 4.79 Å². The van der Waals surface area contributed by atoms with Crippen LogP contribution in [0, 0.1) is 6.92 Å². The Balaban J connectivity index is 1.87. The molecule has 124 valence electrons. The van der Waals surface area contributed by atoms with E-state index < -0.39 is 0 Å². The lowest BCUT2D eigenvalue weighted by molar-refractivity contribution is 0.0714. The number of furan rings is 1. The first-order valence-electron chi connectivity index (χ1n) is 7.93. The highest BCUT2D eigenvalue weighted by Gasteiger charge is 2.22. The molecular formula is C18H20N4O2. The van der Waals surface area contributed by atoms with Gasteiger partial charge in [-0.25, -0.2) is 0 Å². The van der Waals surface area contributed by atoms with Crippen LogP contribution in [0.25, 0.3) is 0 Å². The van der Waals surface area contributed by atoms with Crippen LogP contribution in [0.15, 0.2) is 53.4 Å². The molecule has 3 heterocycles. The van der Waals surface area contributed by atoms with Gasteiger partial charge >= 0.3 is 0 Å². The van der Waals surface area contributed by atoms with Gasteiger partial charge in [-0.05, 0) is 38.1 Å². The summed E-state index contributed by atoms with van der Waals surface area (Å²) in [6.07, 6.45) is 4.97. The van der Waals surface area contributed by atoms with E-state index in [1.54, 1.807) is 23.6 Å². The molecule has 3 aromatic heterocycles. The van der Waals surface area contributed by atoms with E-state index in [1.165, 1.54) is 0 Å². The van der Waals surface area contributed by atoms with Crippen LogP contribution in [0.5, 0.6) is 0 Å². The average Bonchev–Trinajstić information content (AvgIpc) is 3.24. The standard InChI is InChI=1S/C18H20N4O2/c1-3-22-14(2)17(11-20-22)18(23)21(13-16-8-6-10-24-16)12-15-7-4-5-9-19-15/h4-11H,3,12-13H2,1-2H3. The highest BCUT2D eigenvalue weighted by Crippen LogP contribution is 2.16. The van der Waals surface area contributed by atoms with Gasteiger partial charge < -0.3 is 9.32 Å². The Morgan fingerprint density at radius 2 is 2.12 bits per heavy atom. The van der Waals surface area contributed by atoms with Crippen LogP contribution >= 0.6 is 0 Å². The fraction of sp³-hybridized carbons (Fsp3) is 0.278. The first kappa shape index (κ1) is 16.0.